The maximum atomic E-state index is 5.87. The van der Waals surface area contributed by atoms with Crippen molar-refractivity contribution >= 4 is 29.9 Å². The van der Waals surface area contributed by atoms with Crippen LogP contribution in [0.2, 0.25) is 0 Å². The van der Waals surface area contributed by atoms with Crippen LogP contribution in [-0.4, -0.2) is 52.0 Å². The summed E-state index contributed by atoms with van der Waals surface area (Å²) in [7, 11) is 1.68. The van der Waals surface area contributed by atoms with Gasteiger partial charge in [0.05, 0.1) is 13.2 Å². The molecule has 0 saturated heterocycles. The quantitative estimate of drug-likeness (QED) is 0.317. The van der Waals surface area contributed by atoms with Crippen molar-refractivity contribution in [2.75, 3.05) is 40.0 Å². The van der Waals surface area contributed by atoms with Gasteiger partial charge in [-0.05, 0) is 19.1 Å². The monoisotopic (exact) mass is 421 g/mol. The SMILES string of the molecule is CCNC(=NCC1COc2ccccc2O1)NCCOC.I. The lowest BCUT2D eigenvalue weighted by Crippen LogP contribution is -2.40. The van der Waals surface area contributed by atoms with E-state index in [1.165, 1.54) is 0 Å². The summed E-state index contributed by atoms with van der Waals surface area (Å²) in [6.45, 7) is 5.25. The van der Waals surface area contributed by atoms with E-state index in [-0.39, 0.29) is 30.1 Å². The Morgan fingerprint density at radius 1 is 1.32 bits per heavy atom. The van der Waals surface area contributed by atoms with E-state index in [1.807, 2.05) is 31.2 Å². The molecule has 0 spiro atoms. The zero-order chi connectivity index (χ0) is 14.9. The highest BCUT2D eigenvalue weighted by Gasteiger charge is 2.20. The minimum absolute atomic E-state index is 0. The minimum atomic E-state index is -0.0715. The molecule has 1 aliphatic heterocycles. The van der Waals surface area contributed by atoms with Crippen molar-refractivity contribution in [2.24, 2.45) is 4.99 Å². The van der Waals surface area contributed by atoms with Crippen LogP contribution in [0.15, 0.2) is 29.3 Å². The molecule has 0 fully saturated rings. The molecular formula is C15H24IN3O3. The molecule has 6 nitrogen and oxygen atoms in total. The lowest BCUT2D eigenvalue weighted by atomic mass is 10.2. The predicted octanol–water partition coefficient (Wildman–Crippen LogP) is 1.65. The molecule has 2 N–H and O–H groups in total. The second-order valence-corrected chi connectivity index (χ2v) is 4.64. The van der Waals surface area contributed by atoms with Crippen molar-refractivity contribution in [3.05, 3.63) is 24.3 Å². The Morgan fingerprint density at radius 2 is 2.09 bits per heavy atom. The van der Waals surface area contributed by atoms with Crippen LogP contribution in [0.4, 0.5) is 0 Å². The van der Waals surface area contributed by atoms with Gasteiger partial charge in [0.2, 0.25) is 0 Å². The summed E-state index contributed by atoms with van der Waals surface area (Å²) in [5.74, 6) is 2.33. The number of methoxy groups -OCH3 is 1. The number of nitrogens with zero attached hydrogens (tertiary/aromatic N) is 1. The maximum Gasteiger partial charge on any atom is 0.191 e. The van der Waals surface area contributed by atoms with Crippen molar-refractivity contribution in [2.45, 2.75) is 13.0 Å². The van der Waals surface area contributed by atoms with Crippen molar-refractivity contribution in [1.82, 2.24) is 10.6 Å². The van der Waals surface area contributed by atoms with Crippen LogP contribution in [0.5, 0.6) is 11.5 Å². The van der Waals surface area contributed by atoms with Gasteiger partial charge in [-0.3, -0.25) is 0 Å². The Morgan fingerprint density at radius 3 is 2.82 bits per heavy atom. The molecule has 1 aromatic rings. The van der Waals surface area contributed by atoms with Crippen LogP contribution < -0.4 is 20.1 Å². The summed E-state index contributed by atoms with van der Waals surface area (Å²) in [4.78, 5) is 4.52. The first-order valence-corrected chi connectivity index (χ1v) is 7.23. The number of guanidine groups is 1. The van der Waals surface area contributed by atoms with Crippen LogP contribution >= 0.6 is 24.0 Å². The first-order chi connectivity index (χ1) is 10.3. The number of aliphatic imine (C=N–C) groups is 1. The van der Waals surface area contributed by atoms with Gasteiger partial charge in [0.25, 0.3) is 0 Å². The molecule has 1 aliphatic rings. The van der Waals surface area contributed by atoms with E-state index in [2.05, 4.69) is 15.6 Å². The van der Waals surface area contributed by atoms with E-state index in [0.29, 0.717) is 26.3 Å². The third-order valence-electron chi connectivity index (χ3n) is 2.96. The van der Waals surface area contributed by atoms with Crippen LogP contribution in [0, 0.1) is 0 Å². The summed E-state index contributed by atoms with van der Waals surface area (Å²) in [5.41, 5.74) is 0. The third kappa shape index (κ3) is 5.88. The Balaban J connectivity index is 0.00000242. The number of benzene rings is 1. The molecule has 1 atom stereocenters. The standard InChI is InChI=1S/C15H23N3O3.HI/c1-3-16-15(17-8-9-19-2)18-10-12-11-20-13-6-4-5-7-14(13)21-12;/h4-7,12H,3,8-11H2,1-2H3,(H2,16,17,18);1H. The number of fused-ring (bicyclic) bond motifs is 1. The van der Waals surface area contributed by atoms with Crippen LogP contribution in [0.3, 0.4) is 0 Å². The number of nitrogens with one attached hydrogen (secondary N) is 2. The number of halogens is 1. The average Bonchev–Trinajstić information content (AvgIpc) is 2.52. The Labute approximate surface area is 148 Å². The normalized spacial score (nSPS) is 16.6. The molecule has 7 heteroatoms. The minimum Gasteiger partial charge on any atom is -0.486 e. The molecule has 0 amide bonds. The number of hydrogen-bond donors (Lipinski definition) is 2. The van der Waals surface area contributed by atoms with E-state index < -0.39 is 0 Å². The van der Waals surface area contributed by atoms with Crippen molar-refractivity contribution in [3.63, 3.8) is 0 Å². The van der Waals surface area contributed by atoms with Gasteiger partial charge in [-0.25, -0.2) is 4.99 Å². The van der Waals surface area contributed by atoms with E-state index in [1.54, 1.807) is 7.11 Å². The smallest absolute Gasteiger partial charge is 0.191 e. The molecule has 0 radical (unpaired) electrons. The van der Waals surface area contributed by atoms with E-state index in [0.717, 1.165) is 24.0 Å². The zero-order valence-electron chi connectivity index (χ0n) is 13.0. The fourth-order valence-electron chi connectivity index (χ4n) is 1.96. The molecule has 0 bridgehead atoms. The molecule has 1 unspecified atom stereocenters. The van der Waals surface area contributed by atoms with Gasteiger partial charge in [-0.1, -0.05) is 12.1 Å². The van der Waals surface area contributed by atoms with Crippen LogP contribution in [0.1, 0.15) is 6.92 Å². The lowest BCUT2D eigenvalue weighted by Gasteiger charge is -2.25. The van der Waals surface area contributed by atoms with E-state index in [9.17, 15) is 0 Å². The first kappa shape index (κ1) is 18.8. The average molecular weight is 421 g/mol. The number of hydrogen-bond acceptors (Lipinski definition) is 4. The largest absolute Gasteiger partial charge is 0.486 e. The van der Waals surface area contributed by atoms with Gasteiger partial charge in [0.15, 0.2) is 23.6 Å². The third-order valence-corrected chi connectivity index (χ3v) is 2.96. The van der Waals surface area contributed by atoms with Gasteiger partial charge in [0, 0.05) is 20.2 Å². The molecule has 2 rings (SSSR count). The number of para-hydroxylation sites is 2. The summed E-state index contributed by atoms with van der Waals surface area (Å²) in [5, 5.41) is 6.39. The van der Waals surface area contributed by atoms with Gasteiger partial charge in [-0.2, -0.15) is 0 Å². The fraction of sp³-hybridized carbons (Fsp3) is 0.533. The van der Waals surface area contributed by atoms with Crippen molar-refractivity contribution in [3.8, 4) is 11.5 Å². The summed E-state index contributed by atoms with van der Waals surface area (Å²) in [6, 6.07) is 7.69. The maximum absolute atomic E-state index is 5.87. The summed E-state index contributed by atoms with van der Waals surface area (Å²) < 4.78 is 16.6. The Hall–Kier alpha value is -1.22. The topological polar surface area (TPSA) is 64.1 Å². The highest BCUT2D eigenvalue weighted by molar-refractivity contribution is 14.0. The molecule has 0 aromatic heterocycles. The van der Waals surface area contributed by atoms with Gasteiger partial charge in [-0.15, -0.1) is 24.0 Å². The molecule has 0 aliphatic carbocycles. The van der Waals surface area contributed by atoms with Gasteiger partial charge < -0.3 is 24.8 Å². The van der Waals surface area contributed by atoms with Crippen molar-refractivity contribution in [1.29, 1.82) is 0 Å². The highest BCUT2D eigenvalue weighted by Crippen LogP contribution is 2.30. The highest BCUT2D eigenvalue weighted by atomic mass is 127. The van der Waals surface area contributed by atoms with E-state index >= 15 is 0 Å². The van der Waals surface area contributed by atoms with Gasteiger partial charge in [0.1, 0.15) is 6.61 Å². The number of rotatable bonds is 6. The van der Waals surface area contributed by atoms with Crippen molar-refractivity contribution < 1.29 is 14.2 Å². The predicted molar refractivity (Wildman–Crippen MR) is 97.6 cm³/mol. The van der Waals surface area contributed by atoms with Gasteiger partial charge >= 0.3 is 0 Å². The second-order valence-electron chi connectivity index (χ2n) is 4.64. The Bertz CT molecular complexity index is 471. The van der Waals surface area contributed by atoms with Crippen LogP contribution in [-0.2, 0) is 4.74 Å². The Kier molecular flexibility index (Phi) is 8.98. The fourth-order valence-corrected chi connectivity index (χ4v) is 1.96. The van der Waals surface area contributed by atoms with E-state index in [4.69, 9.17) is 14.2 Å². The molecule has 0 saturated carbocycles. The number of ether oxygens (including phenoxy) is 3. The summed E-state index contributed by atoms with van der Waals surface area (Å²) >= 11 is 0. The molecule has 1 heterocycles. The lowest BCUT2D eigenvalue weighted by molar-refractivity contribution is 0.0971. The molecule has 22 heavy (non-hydrogen) atoms. The first-order valence-electron chi connectivity index (χ1n) is 7.23. The molecule has 124 valence electrons. The van der Waals surface area contributed by atoms with Crippen LogP contribution in [0.25, 0.3) is 0 Å². The molecular weight excluding hydrogens is 397 g/mol. The second kappa shape index (κ2) is 10.5. The molecule has 1 aromatic carbocycles. The zero-order valence-corrected chi connectivity index (χ0v) is 15.3. The summed E-state index contributed by atoms with van der Waals surface area (Å²) in [6.07, 6.45) is -0.0715.